The third kappa shape index (κ3) is 2.52. The molecule has 0 aliphatic rings. The molecule has 1 aromatic carbocycles. The SMILES string of the molecule is O=C(Nc1cccc(F)c1F)c1ccc(Br)o1. The zero-order chi connectivity index (χ0) is 12.4. The normalized spacial score (nSPS) is 10.3. The van der Waals surface area contributed by atoms with Crippen LogP contribution >= 0.6 is 15.9 Å². The molecule has 1 N–H and O–H groups in total. The zero-order valence-corrected chi connectivity index (χ0v) is 9.92. The smallest absolute Gasteiger partial charge is 0.291 e. The van der Waals surface area contributed by atoms with Crippen LogP contribution in [-0.4, -0.2) is 5.91 Å². The van der Waals surface area contributed by atoms with E-state index in [4.69, 9.17) is 4.42 Å². The summed E-state index contributed by atoms with van der Waals surface area (Å²) >= 11 is 3.03. The molecule has 0 aliphatic heterocycles. The molecule has 2 rings (SSSR count). The van der Waals surface area contributed by atoms with E-state index in [-0.39, 0.29) is 11.4 Å². The highest BCUT2D eigenvalue weighted by Gasteiger charge is 2.14. The largest absolute Gasteiger partial charge is 0.444 e. The molecule has 1 aromatic heterocycles. The van der Waals surface area contributed by atoms with Crippen LogP contribution in [0.5, 0.6) is 0 Å². The average molecular weight is 302 g/mol. The van der Waals surface area contributed by atoms with Crippen LogP contribution < -0.4 is 5.32 Å². The van der Waals surface area contributed by atoms with E-state index < -0.39 is 17.5 Å². The number of halogens is 3. The molecule has 3 nitrogen and oxygen atoms in total. The second-order valence-electron chi connectivity index (χ2n) is 3.16. The van der Waals surface area contributed by atoms with Crippen LogP contribution in [0.25, 0.3) is 0 Å². The minimum Gasteiger partial charge on any atom is -0.444 e. The fraction of sp³-hybridized carbons (Fsp3) is 0. The van der Waals surface area contributed by atoms with Gasteiger partial charge in [0.1, 0.15) is 0 Å². The third-order valence-corrected chi connectivity index (χ3v) is 2.42. The van der Waals surface area contributed by atoms with Gasteiger partial charge in [0.25, 0.3) is 5.91 Å². The number of hydrogen-bond donors (Lipinski definition) is 1. The fourth-order valence-electron chi connectivity index (χ4n) is 1.22. The molecular formula is C11H6BrF2NO2. The number of benzene rings is 1. The van der Waals surface area contributed by atoms with Crippen molar-refractivity contribution in [2.24, 2.45) is 0 Å². The standard InChI is InChI=1S/C11H6BrF2NO2/c12-9-5-4-8(17-9)11(16)15-7-3-1-2-6(13)10(7)14/h1-5H,(H,15,16). The van der Waals surface area contributed by atoms with Crippen LogP contribution in [0.4, 0.5) is 14.5 Å². The van der Waals surface area contributed by atoms with Crippen molar-refractivity contribution in [3.8, 4) is 0 Å². The Morgan fingerprint density at radius 2 is 2.00 bits per heavy atom. The molecule has 0 atom stereocenters. The highest BCUT2D eigenvalue weighted by molar-refractivity contribution is 9.10. The lowest BCUT2D eigenvalue weighted by Gasteiger charge is -2.04. The number of amides is 1. The molecule has 88 valence electrons. The molecular weight excluding hydrogens is 296 g/mol. The number of carbonyl (C=O) groups excluding carboxylic acids is 1. The van der Waals surface area contributed by atoms with Crippen LogP contribution in [-0.2, 0) is 0 Å². The molecule has 0 saturated carbocycles. The first kappa shape index (κ1) is 11.8. The molecule has 0 spiro atoms. The quantitative estimate of drug-likeness (QED) is 0.921. The minimum absolute atomic E-state index is 0.000497. The van der Waals surface area contributed by atoms with E-state index in [0.29, 0.717) is 4.67 Å². The molecule has 0 fully saturated rings. The Morgan fingerprint density at radius 1 is 1.24 bits per heavy atom. The van der Waals surface area contributed by atoms with Gasteiger partial charge in [-0.15, -0.1) is 0 Å². The lowest BCUT2D eigenvalue weighted by molar-refractivity contribution is 0.0995. The summed E-state index contributed by atoms with van der Waals surface area (Å²) in [6, 6.07) is 6.46. The van der Waals surface area contributed by atoms with Crippen molar-refractivity contribution in [2.75, 3.05) is 5.32 Å². The molecule has 6 heteroatoms. The van der Waals surface area contributed by atoms with Crippen molar-refractivity contribution in [3.63, 3.8) is 0 Å². The molecule has 0 unspecified atom stereocenters. The van der Waals surface area contributed by atoms with Crippen molar-refractivity contribution in [3.05, 3.63) is 52.4 Å². The van der Waals surface area contributed by atoms with Crippen molar-refractivity contribution in [1.29, 1.82) is 0 Å². The molecule has 0 aliphatic carbocycles. The first-order chi connectivity index (χ1) is 8.08. The first-order valence-corrected chi connectivity index (χ1v) is 5.38. The maximum absolute atomic E-state index is 13.3. The van der Waals surface area contributed by atoms with E-state index in [0.717, 1.165) is 6.07 Å². The molecule has 1 heterocycles. The van der Waals surface area contributed by atoms with Crippen LogP contribution in [0, 0.1) is 11.6 Å². The molecule has 0 saturated heterocycles. The van der Waals surface area contributed by atoms with Gasteiger partial charge in [0.2, 0.25) is 0 Å². The predicted molar refractivity (Wildman–Crippen MR) is 60.7 cm³/mol. The molecule has 0 radical (unpaired) electrons. The van der Waals surface area contributed by atoms with Crippen LogP contribution in [0.2, 0.25) is 0 Å². The van der Waals surface area contributed by atoms with E-state index in [1.165, 1.54) is 24.3 Å². The Labute approximate surface area is 104 Å². The number of rotatable bonds is 2. The van der Waals surface area contributed by atoms with Gasteiger partial charge in [0, 0.05) is 0 Å². The van der Waals surface area contributed by atoms with Gasteiger partial charge in [-0.3, -0.25) is 4.79 Å². The number of furan rings is 1. The Balaban J connectivity index is 2.21. The maximum atomic E-state index is 13.3. The van der Waals surface area contributed by atoms with E-state index in [1.807, 2.05) is 0 Å². The Bertz CT molecular complexity index is 568. The van der Waals surface area contributed by atoms with Crippen molar-refractivity contribution < 1.29 is 18.0 Å². The number of hydrogen-bond acceptors (Lipinski definition) is 2. The maximum Gasteiger partial charge on any atom is 0.291 e. The fourth-order valence-corrected chi connectivity index (χ4v) is 1.53. The molecule has 1 amide bonds. The van der Waals surface area contributed by atoms with Gasteiger partial charge in [-0.1, -0.05) is 6.07 Å². The second kappa shape index (κ2) is 4.67. The molecule has 17 heavy (non-hydrogen) atoms. The summed E-state index contributed by atoms with van der Waals surface area (Å²) < 4.78 is 31.5. The Morgan fingerprint density at radius 3 is 2.65 bits per heavy atom. The van der Waals surface area contributed by atoms with Crippen LogP contribution in [0.15, 0.2) is 39.4 Å². The van der Waals surface area contributed by atoms with Gasteiger partial charge in [0.15, 0.2) is 22.1 Å². The molecule has 0 bridgehead atoms. The van der Waals surface area contributed by atoms with Gasteiger partial charge < -0.3 is 9.73 Å². The highest BCUT2D eigenvalue weighted by atomic mass is 79.9. The first-order valence-electron chi connectivity index (χ1n) is 4.58. The van der Waals surface area contributed by atoms with Crippen molar-refractivity contribution >= 4 is 27.5 Å². The summed E-state index contributed by atoms with van der Waals surface area (Å²) in [7, 11) is 0. The summed E-state index contributed by atoms with van der Waals surface area (Å²) in [5.74, 6) is -2.78. The monoisotopic (exact) mass is 301 g/mol. The number of nitrogens with one attached hydrogen (secondary N) is 1. The minimum atomic E-state index is -1.11. The summed E-state index contributed by atoms with van der Waals surface area (Å²) in [5.41, 5.74) is -0.234. The van der Waals surface area contributed by atoms with Crippen LogP contribution in [0.1, 0.15) is 10.6 Å². The van der Waals surface area contributed by atoms with Crippen molar-refractivity contribution in [1.82, 2.24) is 0 Å². The van der Waals surface area contributed by atoms with Crippen molar-refractivity contribution in [2.45, 2.75) is 0 Å². The Kier molecular flexibility index (Phi) is 3.23. The lowest BCUT2D eigenvalue weighted by Crippen LogP contribution is -2.12. The number of anilines is 1. The average Bonchev–Trinajstić information content (AvgIpc) is 2.72. The third-order valence-electron chi connectivity index (χ3n) is 2.00. The van der Waals surface area contributed by atoms with E-state index in [2.05, 4.69) is 21.2 Å². The van der Waals surface area contributed by atoms with Gasteiger partial charge in [-0.2, -0.15) is 0 Å². The molecule has 2 aromatic rings. The predicted octanol–water partition coefficient (Wildman–Crippen LogP) is 3.57. The van der Waals surface area contributed by atoms with E-state index in [9.17, 15) is 13.6 Å². The zero-order valence-electron chi connectivity index (χ0n) is 8.34. The second-order valence-corrected chi connectivity index (χ2v) is 3.94. The lowest BCUT2D eigenvalue weighted by atomic mass is 10.3. The van der Waals surface area contributed by atoms with Gasteiger partial charge >= 0.3 is 0 Å². The highest BCUT2D eigenvalue weighted by Crippen LogP contribution is 2.19. The summed E-state index contributed by atoms with van der Waals surface area (Å²) in [4.78, 5) is 11.6. The summed E-state index contributed by atoms with van der Waals surface area (Å²) in [6.07, 6.45) is 0. The topological polar surface area (TPSA) is 42.2 Å². The van der Waals surface area contributed by atoms with Gasteiger partial charge in [-0.05, 0) is 40.2 Å². The number of carbonyl (C=O) groups is 1. The van der Waals surface area contributed by atoms with E-state index >= 15 is 0 Å². The van der Waals surface area contributed by atoms with Gasteiger partial charge in [-0.25, -0.2) is 8.78 Å². The Hall–Kier alpha value is -1.69. The van der Waals surface area contributed by atoms with E-state index in [1.54, 1.807) is 0 Å². The summed E-state index contributed by atoms with van der Waals surface area (Å²) in [6.45, 7) is 0. The summed E-state index contributed by atoms with van der Waals surface area (Å²) in [5, 5.41) is 2.21. The van der Waals surface area contributed by atoms with Crippen LogP contribution in [0.3, 0.4) is 0 Å². The van der Waals surface area contributed by atoms with Gasteiger partial charge in [0.05, 0.1) is 5.69 Å².